The van der Waals surface area contributed by atoms with E-state index in [9.17, 15) is 14.7 Å². The van der Waals surface area contributed by atoms with Crippen LogP contribution in [-0.2, 0) is 14.3 Å². The molecular formula is C10H14N2O6. The molecule has 0 aliphatic carbocycles. The van der Waals surface area contributed by atoms with Gasteiger partial charge in [0.15, 0.2) is 5.71 Å². The summed E-state index contributed by atoms with van der Waals surface area (Å²) in [4.78, 5) is 26.2. The van der Waals surface area contributed by atoms with Crippen molar-refractivity contribution in [3.05, 3.63) is 0 Å². The normalized spacial score (nSPS) is 35.3. The van der Waals surface area contributed by atoms with Crippen LogP contribution < -0.4 is 5.32 Å². The van der Waals surface area contributed by atoms with Crippen LogP contribution in [0.3, 0.4) is 0 Å². The number of carbonyl (C=O) groups excluding carboxylic acids is 2. The highest BCUT2D eigenvalue weighted by Crippen LogP contribution is 2.25. The lowest BCUT2D eigenvalue weighted by Gasteiger charge is -2.19. The number of amides is 2. The molecule has 18 heavy (non-hydrogen) atoms. The smallest absolute Gasteiger partial charge is 0.354 e. The van der Waals surface area contributed by atoms with Crippen molar-refractivity contribution in [3.8, 4) is 0 Å². The van der Waals surface area contributed by atoms with Gasteiger partial charge in [0.1, 0.15) is 12.1 Å². The Kier molecular flexibility index (Phi) is 3.60. The fraction of sp³-hybridized carbons (Fsp3) is 0.700. The van der Waals surface area contributed by atoms with E-state index < -0.39 is 36.4 Å². The molecule has 2 aliphatic heterocycles. The van der Waals surface area contributed by atoms with Crippen LogP contribution in [0.25, 0.3) is 0 Å². The Hall–Kier alpha value is -1.51. The van der Waals surface area contributed by atoms with Gasteiger partial charge in [0.2, 0.25) is 0 Å². The summed E-state index contributed by atoms with van der Waals surface area (Å²) < 4.78 is 9.90. The number of methoxy groups -OCH3 is 1. The van der Waals surface area contributed by atoms with Crippen LogP contribution in [-0.4, -0.2) is 66.0 Å². The number of rotatable bonds is 3. The summed E-state index contributed by atoms with van der Waals surface area (Å²) in [6, 6.07) is -1.40. The first kappa shape index (κ1) is 12.9. The summed E-state index contributed by atoms with van der Waals surface area (Å²) >= 11 is 0. The lowest BCUT2D eigenvalue weighted by molar-refractivity contribution is -0.133. The van der Waals surface area contributed by atoms with Crippen molar-refractivity contribution in [2.45, 2.75) is 30.8 Å². The molecule has 2 amide bonds. The fourth-order valence-electron chi connectivity index (χ4n) is 2.10. The zero-order valence-electron chi connectivity index (χ0n) is 9.70. The molecule has 0 saturated carbocycles. The number of carbonyl (C=O) groups is 2. The van der Waals surface area contributed by atoms with Crippen molar-refractivity contribution in [3.63, 3.8) is 0 Å². The Morgan fingerprint density at radius 3 is 2.94 bits per heavy atom. The van der Waals surface area contributed by atoms with E-state index in [-0.39, 0.29) is 18.7 Å². The maximum atomic E-state index is 11.4. The number of urea groups is 1. The number of nitrogens with zero attached hydrogens (tertiary/aromatic N) is 1. The fourth-order valence-corrected chi connectivity index (χ4v) is 2.10. The molecule has 0 aromatic heterocycles. The predicted octanol–water partition coefficient (Wildman–Crippen LogP) is -1.80. The summed E-state index contributed by atoms with van der Waals surface area (Å²) in [5.74, 6) is -0.719. The third kappa shape index (κ3) is 2.22. The summed E-state index contributed by atoms with van der Waals surface area (Å²) in [5.41, 5.74) is -0.0710. The zero-order valence-corrected chi connectivity index (χ0v) is 9.70. The molecule has 1 saturated heterocycles. The number of hydrogen-bond donors (Lipinski definition) is 3. The molecular weight excluding hydrogens is 244 g/mol. The Bertz CT molecular complexity index is 396. The molecule has 0 aromatic rings. The van der Waals surface area contributed by atoms with Gasteiger partial charge in [0, 0.05) is 6.42 Å². The van der Waals surface area contributed by atoms with E-state index in [4.69, 9.17) is 9.84 Å². The quantitative estimate of drug-likeness (QED) is 0.514. The lowest BCUT2D eigenvalue weighted by atomic mass is 10.0. The van der Waals surface area contributed by atoms with Gasteiger partial charge in [-0.25, -0.2) is 9.59 Å². The van der Waals surface area contributed by atoms with Crippen LogP contribution in [0, 0.1) is 0 Å². The average Bonchev–Trinajstić information content (AvgIpc) is 2.91. The molecule has 100 valence electrons. The number of esters is 1. The van der Waals surface area contributed by atoms with Gasteiger partial charge < -0.3 is 25.0 Å². The predicted molar refractivity (Wildman–Crippen MR) is 58.1 cm³/mol. The molecule has 4 atom stereocenters. The molecule has 2 heterocycles. The van der Waals surface area contributed by atoms with Gasteiger partial charge >= 0.3 is 12.0 Å². The zero-order chi connectivity index (χ0) is 13.3. The third-order valence-electron chi connectivity index (χ3n) is 2.99. The Morgan fingerprint density at radius 1 is 1.67 bits per heavy atom. The van der Waals surface area contributed by atoms with E-state index in [0.717, 1.165) is 0 Å². The van der Waals surface area contributed by atoms with Crippen LogP contribution in [0.1, 0.15) is 6.42 Å². The second-order valence-corrected chi connectivity index (χ2v) is 4.11. The number of ether oxygens (including phenoxy) is 2. The molecule has 0 bridgehead atoms. The van der Waals surface area contributed by atoms with E-state index >= 15 is 0 Å². The Labute approximate surface area is 103 Å². The van der Waals surface area contributed by atoms with Crippen molar-refractivity contribution in [1.29, 1.82) is 0 Å². The van der Waals surface area contributed by atoms with Crippen LogP contribution in [0.4, 0.5) is 4.79 Å². The maximum absolute atomic E-state index is 11.4. The van der Waals surface area contributed by atoms with Gasteiger partial charge in [-0.3, -0.25) is 0 Å². The first-order valence-electron chi connectivity index (χ1n) is 5.48. The molecule has 0 radical (unpaired) electrons. The van der Waals surface area contributed by atoms with Gasteiger partial charge in [-0.05, 0) is 0 Å². The van der Waals surface area contributed by atoms with Crippen molar-refractivity contribution >= 4 is 17.7 Å². The SMILES string of the molecule is COC(=O)C1=NC(=O)NC1[C@H]1C[C@H](O)[C@@H](CO)O1. The molecule has 2 rings (SSSR count). The largest absolute Gasteiger partial charge is 0.464 e. The molecule has 3 N–H and O–H groups in total. The highest BCUT2D eigenvalue weighted by atomic mass is 16.5. The van der Waals surface area contributed by atoms with Crippen molar-refractivity contribution in [1.82, 2.24) is 5.32 Å². The van der Waals surface area contributed by atoms with Gasteiger partial charge in [0.25, 0.3) is 0 Å². The topological polar surface area (TPSA) is 117 Å². The molecule has 0 spiro atoms. The second kappa shape index (κ2) is 5.01. The Morgan fingerprint density at radius 2 is 2.39 bits per heavy atom. The monoisotopic (exact) mass is 258 g/mol. The molecule has 8 heteroatoms. The van der Waals surface area contributed by atoms with E-state index in [1.807, 2.05) is 0 Å². The number of aliphatic imine (C=N–C) groups is 1. The van der Waals surface area contributed by atoms with Crippen LogP contribution in [0.15, 0.2) is 4.99 Å². The van der Waals surface area contributed by atoms with Crippen molar-refractivity contribution in [2.75, 3.05) is 13.7 Å². The number of nitrogens with one attached hydrogen (secondary N) is 1. The second-order valence-electron chi connectivity index (χ2n) is 4.11. The van der Waals surface area contributed by atoms with Gasteiger partial charge in [-0.1, -0.05) is 0 Å². The van der Waals surface area contributed by atoms with Gasteiger partial charge in [0.05, 0.1) is 25.9 Å². The minimum atomic E-state index is -0.837. The number of aliphatic hydroxyl groups is 2. The van der Waals surface area contributed by atoms with Crippen molar-refractivity contribution in [2.24, 2.45) is 4.99 Å². The van der Waals surface area contributed by atoms with Crippen LogP contribution in [0.2, 0.25) is 0 Å². The molecule has 1 fully saturated rings. The molecule has 1 unspecified atom stereocenters. The summed E-state index contributed by atoms with van der Waals surface area (Å²) in [7, 11) is 1.19. The third-order valence-corrected chi connectivity index (χ3v) is 2.99. The van der Waals surface area contributed by atoms with E-state index in [1.54, 1.807) is 0 Å². The lowest BCUT2D eigenvalue weighted by Crippen LogP contribution is -2.45. The van der Waals surface area contributed by atoms with E-state index in [2.05, 4.69) is 15.0 Å². The van der Waals surface area contributed by atoms with Gasteiger partial charge in [-0.2, -0.15) is 4.99 Å². The standard InChI is InChI=1S/C10H14N2O6/c1-17-9(15)8-7(11-10(16)12-8)5-2-4(14)6(3-13)18-5/h4-7,13-14H,2-3H2,1H3,(H,11,16)/t4-,5+,6+,7?/m0/s1. The average molecular weight is 258 g/mol. The summed E-state index contributed by atoms with van der Waals surface area (Å²) in [6.45, 7) is -0.330. The highest BCUT2D eigenvalue weighted by molar-refractivity contribution is 6.42. The van der Waals surface area contributed by atoms with Crippen molar-refractivity contribution < 1.29 is 29.3 Å². The minimum absolute atomic E-state index is 0.0710. The number of aliphatic hydroxyl groups excluding tert-OH is 2. The first-order chi connectivity index (χ1) is 8.56. The van der Waals surface area contributed by atoms with E-state index in [1.165, 1.54) is 7.11 Å². The number of hydrogen-bond acceptors (Lipinski definition) is 6. The van der Waals surface area contributed by atoms with Gasteiger partial charge in [-0.15, -0.1) is 0 Å². The molecule has 8 nitrogen and oxygen atoms in total. The minimum Gasteiger partial charge on any atom is -0.464 e. The van der Waals surface area contributed by atoms with Crippen LogP contribution >= 0.6 is 0 Å². The van der Waals surface area contributed by atoms with E-state index in [0.29, 0.717) is 0 Å². The highest BCUT2D eigenvalue weighted by Gasteiger charge is 2.44. The van der Waals surface area contributed by atoms with Crippen LogP contribution in [0.5, 0.6) is 0 Å². The maximum Gasteiger partial charge on any atom is 0.354 e. The first-order valence-corrected chi connectivity index (χ1v) is 5.48. The molecule has 2 aliphatic rings. The summed E-state index contributed by atoms with van der Waals surface area (Å²) in [5, 5.41) is 21.1. The summed E-state index contributed by atoms with van der Waals surface area (Å²) in [6.07, 6.45) is -1.96. The Balaban J connectivity index is 2.12. The molecule has 0 aromatic carbocycles.